The molecule has 2 aliphatic rings. The van der Waals surface area contributed by atoms with E-state index in [0.29, 0.717) is 17.5 Å². The summed E-state index contributed by atoms with van der Waals surface area (Å²) in [6, 6.07) is 8.14. The lowest BCUT2D eigenvalue weighted by atomic mass is 9.83. The van der Waals surface area contributed by atoms with E-state index in [1.807, 2.05) is 19.1 Å². The molecule has 0 aromatic heterocycles. The van der Waals surface area contributed by atoms with E-state index in [0.717, 1.165) is 31.3 Å². The van der Waals surface area contributed by atoms with Gasteiger partial charge in [0.1, 0.15) is 5.82 Å². The van der Waals surface area contributed by atoms with Gasteiger partial charge in [0.2, 0.25) is 5.82 Å². The van der Waals surface area contributed by atoms with Crippen molar-refractivity contribution in [1.82, 2.24) is 0 Å². The van der Waals surface area contributed by atoms with E-state index in [-0.39, 0.29) is 41.5 Å². The lowest BCUT2D eigenvalue weighted by Crippen LogP contribution is -2.12. The monoisotopic (exact) mass is 430 g/mol. The summed E-state index contributed by atoms with van der Waals surface area (Å²) in [5.74, 6) is -1.90. The van der Waals surface area contributed by atoms with Crippen molar-refractivity contribution in [3.63, 3.8) is 0 Å². The SMILES string of the molecule is CCCC(O)c1ccc(C2CCC3C(c4ccc(OCC)c(F)c4F)=CCC32)c(F)c1. The van der Waals surface area contributed by atoms with Gasteiger partial charge in [-0.1, -0.05) is 31.6 Å². The summed E-state index contributed by atoms with van der Waals surface area (Å²) in [5, 5.41) is 10.2. The molecule has 31 heavy (non-hydrogen) atoms. The molecule has 1 fully saturated rings. The number of ether oxygens (including phenoxy) is 1. The number of fused-ring (bicyclic) bond motifs is 1. The molecule has 166 valence electrons. The van der Waals surface area contributed by atoms with Crippen LogP contribution in [0.3, 0.4) is 0 Å². The maximum atomic E-state index is 15.0. The zero-order valence-electron chi connectivity index (χ0n) is 18.0. The highest BCUT2D eigenvalue weighted by Crippen LogP contribution is 2.55. The Morgan fingerprint density at radius 1 is 1.03 bits per heavy atom. The van der Waals surface area contributed by atoms with Crippen molar-refractivity contribution in [2.45, 2.75) is 58.0 Å². The first-order valence-corrected chi connectivity index (χ1v) is 11.2. The van der Waals surface area contributed by atoms with Gasteiger partial charge in [-0.3, -0.25) is 0 Å². The molecule has 2 aliphatic carbocycles. The summed E-state index contributed by atoms with van der Waals surface area (Å²) < 4.78 is 49.3. The van der Waals surface area contributed by atoms with Crippen LogP contribution in [0, 0.1) is 29.3 Å². The van der Waals surface area contributed by atoms with E-state index >= 15 is 0 Å². The molecule has 4 rings (SSSR count). The number of hydrogen-bond donors (Lipinski definition) is 1. The van der Waals surface area contributed by atoms with E-state index in [2.05, 4.69) is 0 Å². The zero-order chi connectivity index (χ0) is 22.1. The van der Waals surface area contributed by atoms with Crippen LogP contribution in [0.15, 0.2) is 36.4 Å². The largest absolute Gasteiger partial charge is 0.491 e. The molecule has 0 saturated heterocycles. The highest BCUT2D eigenvalue weighted by atomic mass is 19.2. The van der Waals surface area contributed by atoms with Crippen LogP contribution >= 0.6 is 0 Å². The first-order valence-electron chi connectivity index (χ1n) is 11.2. The fourth-order valence-corrected chi connectivity index (χ4v) is 5.41. The van der Waals surface area contributed by atoms with Gasteiger partial charge in [-0.05, 0) is 85.3 Å². The summed E-state index contributed by atoms with van der Waals surface area (Å²) >= 11 is 0. The number of allylic oxidation sites excluding steroid dienone is 2. The minimum absolute atomic E-state index is 0.0340. The molecule has 0 aliphatic heterocycles. The van der Waals surface area contributed by atoms with Crippen molar-refractivity contribution in [1.29, 1.82) is 0 Å². The molecule has 5 heteroatoms. The molecule has 2 aromatic carbocycles. The van der Waals surface area contributed by atoms with Crippen molar-refractivity contribution in [2.24, 2.45) is 11.8 Å². The maximum absolute atomic E-state index is 15.0. The molecule has 0 heterocycles. The van der Waals surface area contributed by atoms with Gasteiger partial charge in [0.05, 0.1) is 12.7 Å². The van der Waals surface area contributed by atoms with Gasteiger partial charge in [-0.2, -0.15) is 4.39 Å². The third-order valence-electron chi connectivity index (χ3n) is 6.86. The third kappa shape index (κ3) is 4.00. The van der Waals surface area contributed by atoms with Crippen LogP contribution in [0.2, 0.25) is 0 Å². The number of hydrogen-bond acceptors (Lipinski definition) is 2. The summed E-state index contributed by atoms with van der Waals surface area (Å²) in [6.07, 6.45) is 5.10. The average Bonchev–Trinajstić information content (AvgIpc) is 3.35. The normalized spacial score (nSPS) is 23.5. The third-order valence-corrected chi connectivity index (χ3v) is 6.86. The molecule has 1 N–H and O–H groups in total. The standard InChI is InChI=1S/C26H29F3O2/c1-3-5-23(30)15-6-7-20(22(27)14-15)18-10-8-17-16(18)9-11-19(17)21-12-13-24(31-4-2)26(29)25(21)28/h6-7,11-14,16-18,23,30H,3-5,8-10H2,1-2H3. The van der Waals surface area contributed by atoms with Crippen LogP contribution in [0.25, 0.3) is 5.57 Å². The van der Waals surface area contributed by atoms with Gasteiger partial charge in [0, 0.05) is 5.56 Å². The number of halogens is 3. The highest BCUT2D eigenvalue weighted by molar-refractivity contribution is 5.71. The number of rotatable bonds is 7. The van der Waals surface area contributed by atoms with E-state index < -0.39 is 17.7 Å². The average molecular weight is 431 g/mol. The van der Waals surface area contributed by atoms with Gasteiger partial charge in [-0.25, -0.2) is 8.78 Å². The Bertz CT molecular complexity index is 985. The Hall–Kier alpha value is -2.27. The van der Waals surface area contributed by atoms with Crippen LogP contribution in [-0.2, 0) is 0 Å². The zero-order valence-corrected chi connectivity index (χ0v) is 18.0. The Morgan fingerprint density at radius 2 is 1.81 bits per heavy atom. The predicted molar refractivity (Wildman–Crippen MR) is 115 cm³/mol. The molecule has 0 spiro atoms. The van der Waals surface area contributed by atoms with E-state index in [1.165, 1.54) is 12.1 Å². The molecule has 2 aromatic rings. The molecule has 2 nitrogen and oxygen atoms in total. The van der Waals surface area contributed by atoms with Gasteiger partial charge in [0.25, 0.3) is 0 Å². The van der Waals surface area contributed by atoms with Gasteiger partial charge >= 0.3 is 0 Å². The first-order chi connectivity index (χ1) is 15.0. The van der Waals surface area contributed by atoms with Gasteiger partial charge < -0.3 is 9.84 Å². The van der Waals surface area contributed by atoms with Crippen molar-refractivity contribution >= 4 is 5.57 Å². The first kappa shape index (κ1) is 21.9. The van der Waals surface area contributed by atoms with Crippen LogP contribution < -0.4 is 4.74 Å². The van der Waals surface area contributed by atoms with Crippen LogP contribution in [0.5, 0.6) is 5.75 Å². The minimum atomic E-state index is -0.953. The minimum Gasteiger partial charge on any atom is -0.491 e. The van der Waals surface area contributed by atoms with Crippen molar-refractivity contribution in [3.05, 3.63) is 70.5 Å². The lowest BCUT2D eigenvalue weighted by Gasteiger charge is -2.22. The lowest BCUT2D eigenvalue weighted by molar-refractivity contribution is 0.166. The van der Waals surface area contributed by atoms with Crippen LogP contribution in [0.4, 0.5) is 13.2 Å². The predicted octanol–water partition coefficient (Wildman–Crippen LogP) is 6.93. The number of aliphatic hydroxyl groups is 1. The Kier molecular flexibility index (Phi) is 6.42. The molecule has 0 radical (unpaired) electrons. The summed E-state index contributed by atoms with van der Waals surface area (Å²) in [7, 11) is 0. The molecule has 0 amide bonds. The van der Waals surface area contributed by atoms with E-state index in [9.17, 15) is 18.3 Å². The molecular weight excluding hydrogens is 401 g/mol. The fourth-order valence-electron chi connectivity index (χ4n) is 5.41. The number of benzene rings is 2. The highest BCUT2D eigenvalue weighted by Gasteiger charge is 2.43. The molecular formula is C26H29F3O2. The summed E-state index contributed by atoms with van der Waals surface area (Å²) in [4.78, 5) is 0. The smallest absolute Gasteiger partial charge is 0.201 e. The fraction of sp³-hybridized carbons (Fsp3) is 0.462. The van der Waals surface area contributed by atoms with Gasteiger partial charge in [-0.15, -0.1) is 0 Å². The van der Waals surface area contributed by atoms with Crippen molar-refractivity contribution in [3.8, 4) is 5.75 Å². The molecule has 4 unspecified atom stereocenters. The Labute approximate surface area is 181 Å². The molecule has 4 atom stereocenters. The number of aliphatic hydroxyl groups excluding tert-OH is 1. The Balaban J connectivity index is 1.55. The summed E-state index contributed by atoms with van der Waals surface area (Å²) in [5.41, 5.74) is 2.37. The molecule has 1 saturated carbocycles. The topological polar surface area (TPSA) is 29.5 Å². The van der Waals surface area contributed by atoms with Gasteiger partial charge in [0.15, 0.2) is 11.6 Å². The van der Waals surface area contributed by atoms with Crippen LogP contribution in [0.1, 0.15) is 74.7 Å². The van der Waals surface area contributed by atoms with E-state index in [4.69, 9.17) is 4.74 Å². The quantitative estimate of drug-likeness (QED) is 0.516. The van der Waals surface area contributed by atoms with E-state index in [1.54, 1.807) is 19.1 Å². The van der Waals surface area contributed by atoms with Crippen molar-refractivity contribution < 1.29 is 23.0 Å². The second-order valence-corrected chi connectivity index (χ2v) is 8.61. The maximum Gasteiger partial charge on any atom is 0.201 e. The molecule has 0 bridgehead atoms. The van der Waals surface area contributed by atoms with Crippen LogP contribution in [-0.4, -0.2) is 11.7 Å². The second-order valence-electron chi connectivity index (χ2n) is 8.61. The summed E-state index contributed by atoms with van der Waals surface area (Å²) in [6.45, 7) is 3.98. The van der Waals surface area contributed by atoms with Crippen molar-refractivity contribution in [2.75, 3.05) is 6.61 Å². The second kappa shape index (κ2) is 9.07. The Morgan fingerprint density at radius 3 is 2.52 bits per heavy atom.